The minimum Gasteiger partial charge on any atom is -0.307 e. The van der Waals surface area contributed by atoms with Crippen LogP contribution in [0.1, 0.15) is 33.6 Å². The number of nitrogens with one attached hydrogen (secondary N) is 3. The van der Waals surface area contributed by atoms with E-state index in [-0.39, 0.29) is 29.0 Å². The van der Waals surface area contributed by atoms with Crippen molar-refractivity contribution in [3.63, 3.8) is 0 Å². The predicted molar refractivity (Wildman–Crippen MR) is 106 cm³/mol. The molecule has 2 amide bonds. The van der Waals surface area contributed by atoms with E-state index in [9.17, 15) is 14.4 Å². The number of pyridine rings is 1. The van der Waals surface area contributed by atoms with E-state index in [0.717, 1.165) is 16.6 Å². The Morgan fingerprint density at radius 1 is 1.21 bits per heavy atom. The van der Waals surface area contributed by atoms with Gasteiger partial charge in [0.2, 0.25) is 5.91 Å². The number of H-pyrrole nitrogens is 1. The normalized spacial score (nSPS) is 10.9. The van der Waals surface area contributed by atoms with Crippen molar-refractivity contribution in [1.82, 2.24) is 25.6 Å². The minimum absolute atomic E-state index is 0.0392. The summed E-state index contributed by atoms with van der Waals surface area (Å²) in [4.78, 5) is 39.4. The molecule has 3 rings (SSSR count). The number of nitrogens with zero attached hydrogens (tertiary/aromatic N) is 2. The van der Waals surface area contributed by atoms with E-state index in [1.165, 1.54) is 0 Å². The SMILES string of the molecule is Cc1nn(C)c2[nH]c(=O)c(CCC(=O)NNC(=O)c3ccccc3Cl)c(C)c12. The fraction of sp³-hybridized carbons (Fsp3) is 0.263. The van der Waals surface area contributed by atoms with Crippen molar-refractivity contribution in [2.75, 3.05) is 0 Å². The Morgan fingerprint density at radius 3 is 2.64 bits per heavy atom. The fourth-order valence-electron chi connectivity index (χ4n) is 3.20. The second-order valence-corrected chi connectivity index (χ2v) is 6.88. The molecule has 0 saturated carbocycles. The van der Waals surface area contributed by atoms with Crippen LogP contribution in [0.25, 0.3) is 11.0 Å². The van der Waals surface area contributed by atoms with E-state index >= 15 is 0 Å². The maximum atomic E-state index is 12.4. The number of amides is 2. The van der Waals surface area contributed by atoms with Crippen molar-refractivity contribution in [2.45, 2.75) is 26.7 Å². The van der Waals surface area contributed by atoms with E-state index in [4.69, 9.17) is 11.6 Å². The van der Waals surface area contributed by atoms with Crippen molar-refractivity contribution >= 4 is 34.4 Å². The first kappa shape index (κ1) is 19.6. The number of carbonyl (C=O) groups excluding carboxylic acids is 2. The molecule has 0 aliphatic carbocycles. The van der Waals surface area contributed by atoms with E-state index in [1.54, 1.807) is 36.0 Å². The third-order valence-corrected chi connectivity index (χ3v) is 4.92. The number of rotatable bonds is 4. The molecule has 2 aromatic heterocycles. The van der Waals surface area contributed by atoms with E-state index in [2.05, 4.69) is 20.9 Å². The molecule has 3 aromatic rings. The molecule has 8 nitrogen and oxygen atoms in total. The van der Waals surface area contributed by atoms with E-state index in [0.29, 0.717) is 11.2 Å². The lowest BCUT2D eigenvalue weighted by Gasteiger charge is -2.09. The van der Waals surface area contributed by atoms with Gasteiger partial charge >= 0.3 is 0 Å². The summed E-state index contributed by atoms with van der Waals surface area (Å²) in [5, 5.41) is 5.49. The van der Waals surface area contributed by atoms with Gasteiger partial charge < -0.3 is 4.98 Å². The lowest BCUT2D eigenvalue weighted by atomic mass is 10.0. The molecule has 146 valence electrons. The highest BCUT2D eigenvalue weighted by atomic mass is 35.5. The Labute approximate surface area is 165 Å². The van der Waals surface area contributed by atoms with Gasteiger partial charge in [0, 0.05) is 24.4 Å². The zero-order chi connectivity index (χ0) is 20.4. The number of aryl methyl sites for hydroxylation is 3. The van der Waals surface area contributed by atoms with Gasteiger partial charge in [0.25, 0.3) is 11.5 Å². The number of carbonyl (C=O) groups is 2. The molecule has 0 radical (unpaired) electrons. The molecule has 3 N–H and O–H groups in total. The highest BCUT2D eigenvalue weighted by Gasteiger charge is 2.16. The van der Waals surface area contributed by atoms with Gasteiger partial charge in [0.1, 0.15) is 5.65 Å². The highest BCUT2D eigenvalue weighted by Crippen LogP contribution is 2.21. The van der Waals surface area contributed by atoms with Gasteiger partial charge in [-0.2, -0.15) is 5.10 Å². The Hall–Kier alpha value is -3.13. The Morgan fingerprint density at radius 2 is 1.93 bits per heavy atom. The quantitative estimate of drug-likeness (QED) is 0.580. The Balaban J connectivity index is 1.67. The molecule has 0 saturated heterocycles. The van der Waals surface area contributed by atoms with Crippen LogP contribution in [0.4, 0.5) is 0 Å². The Bertz CT molecular complexity index is 1130. The maximum Gasteiger partial charge on any atom is 0.271 e. The summed E-state index contributed by atoms with van der Waals surface area (Å²) in [6.07, 6.45) is 0.275. The molecular weight excluding hydrogens is 382 g/mol. The molecular formula is C19H20ClN5O3. The van der Waals surface area contributed by atoms with Crippen molar-refractivity contribution in [2.24, 2.45) is 7.05 Å². The third-order valence-electron chi connectivity index (χ3n) is 4.59. The van der Waals surface area contributed by atoms with Crippen molar-refractivity contribution < 1.29 is 9.59 Å². The van der Waals surface area contributed by atoms with Crippen LogP contribution in [0.5, 0.6) is 0 Å². The largest absolute Gasteiger partial charge is 0.307 e. The minimum atomic E-state index is -0.514. The average molecular weight is 402 g/mol. The number of hydrogen-bond donors (Lipinski definition) is 3. The van der Waals surface area contributed by atoms with Crippen LogP contribution in [-0.2, 0) is 18.3 Å². The Kier molecular flexibility index (Phi) is 5.51. The monoisotopic (exact) mass is 401 g/mol. The number of hydrogen-bond acceptors (Lipinski definition) is 4. The molecule has 2 heterocycles. The molecule has 0 atom stereocenters. The highest BCUT2D eigenvalue weighted by molar-refractivity contribution is 6.33. The van der Waals surface area contributed by atoms with Crippen molar-refractivity contribution in [3.05, 3.63) is 62.0 Å². The molecule has 0 aliphatic rings. The van der Waals surface area contributed by atoms with Crippen LogP contribution in [0.15, 0.2) is 29.1 Å². The first-order chi connectivity index (χ1) is 13.3. The van der Waals surface area contributed by atoms with Crippen LogP contribution in [0, 0.1) is 13.8 Å². The molecule has 0 aliphatic heterocycles. The average Bonchev–Trinajstić information content (AvgIpc) is 2.93. The maximum absolute atomic E-state index is 12.4. The second kappa shape index (κ2) is 7.85. The standard InChI is InChI=1S/C19H20ClN5O3/c1-10-12(18(27)21-17-16(10)11(2)24-25(17)3)8-9-15(26)22-23-19(28)13-6-4-5-7-14(13)20/h4-7H,8-9H2,1-3H3,(H,21,27)(H,22,26)(H,23,28). The zero-order valence-electron chi connectivity index (χ0n) is 15.7. The number of benzene rings is 1. The first-order valence-electron chi connectivity index (χ1n) is 8.68. The molecule has 0 unspecified atom stereocenters. The van der Waals surface area contributed by atoms with E-state index in [1.807, 2.05) is 13.8 Å². The predicted octanol–water partition coefficient (Wildman–Crippen LogP) is 1.93. The zero-order valence-corrected chi connectivity index (χ0v) is 16.5. The van der Waals surface area contributed by atoms with Gasteiger partial charge in [0.15, 0.2) is 0 Å². The lowest BCUT2D eigenvalue weighted by molar-refractivity contribution is -0.121. The van der Waals surface area contributed by atoms with Crippen LogP contribution < -0.4 is 16.4 Å². The molecule has 0 bridgehead atoms. The van der Waals surface area contributed by atoms with Gasteiger partial charge in [-0.15, -0.1) is 0 Å². The number of aromatic nitrogens is 3. The summed E-state index contributed by atoms with van der Waals surface area (Å²) < 4.78 is 1.62. The summed E-state index contributed by atoms with van der Waals surface area (Å²) in [6.45, 7) is 3.72. The van der Waals surface area contributed by atoms with Crippen molar-refractivity contribution in [3.8, 4) is 0 Å². The molecule has 1 aromatic carbocycles. The van der Waals surface area contributed by atoms with Crippen molar-refractivity contribution in [1.29, 1.82) is 0 Å². The van der Waals surface area contributed by atoms with Crippen LogP contribution in [0.3, 0.4) is 0 Å². The summed E-state index contributed by atoms with van der Waals surface area (Å²) in [6, 6.07) is 6.52. The van der Waals surface area contributed by atoms with Gasteiger partial charge in [-0.3, -0.25) is 29.9 Å². The summed E-state index contributed by atoms with van der Waals surface area (Å²) in [7, 11) is 1.76. The van der Waals surface area contributed by atoms with Gasteiger partial charge in [-0.05, 0) is 38.0 Å². The molecule has 9 heteroatoms. The summed E-state index contributed by atoms with van der Waals surface area (Å²) >= 11 is 5.95. The topological polar surface area (TPSA) is 109 Å². The smallest absolute Gasteiger partial charge is 0.271 e. The fourth-order valence-corrected chi connectivity index (χ4v) is 3.42. The summed E-state index contributed by atoms with van der Waals surface area (Å²) in [5.74, 6) is -0.928. The number of aromatic amines is 1. The van der Waals surface area contributed by atoms with Gasteiger partial charge in [-0.1, -0.05) is 23.7 Å². The molecule has 0 fully saturated rings. The van der Waals surface area contributed by atoms with Crippen LogP contribution in [-0.4, -0.2) is 26.6 Å². The first-order valence-corrected chi connectivity index (χ1v) is 9.06. The van der Waals surface area contributed by atoms with Gasteiger partial charge in [0.05, 0.1) is 16.3 Å². The van der Waals surface area contributed by atoms with Gasteiger partial charge in [-0.25, -0.2) is 0 Å². The number of fused-ring (bicyclic) bond motifs is 1. The molecule has 28 heavy (non-hydrogen) atoms. The third kappa shape index (κ3) is 3.77. The number of hydrazine groups is 1. The number of halogens is 1. The van der Waals surface area contributed by atoms with E-state index < -0.39 is 11.8 Å². The van der Waals surface area contributed by atoms with Crippen LogP contribution in [0.2, 0.25) is 5.02 Å². The summed E-state index contributed by atoms with van der Waals surface area (Å²) in [5.41, 5.74) is 7.47. The molecule has 0 spiro atoms. The lowest BCUT2D eigenvalue weighted by Crippen LogP contribution is -2.42. The second-order valence-electron chi connectivity index (χ2n) is 6.47. The van der Waals surface area contributed by atoms with Crippen LogP contribution >= 0.6 is 11.6 Å².